The Hall–Kier alpha value is -1.39. The van der Waals surface area contributed by atoms with Crippen LogP contribution in [0, 0.1) is 6.92 Å². The zero-order chi connectivity index (χ0) is 14.3. The van der Waals surface area contributed by atoms with Gasteiger partial charge in [0.25, 0.3) is 0 Å². The molecule has 0 saturated heterocycles. The van der Waals surface area contributed by atoms with Crippen molar-refractivity contribution in [3.63, 3.8) is 0 Å². The minimum absolute atomic E-state index is 0.0209. The predicted octanol–water partition coefficient (Wildman–Crippen LogP) is 5.23. The van der Waals surface area contributed by atoms with Crippen LogP contribution in [0.15, 0.2) is 51.5 Å². The van der Waals surface area contributed by atoms with Crippen LogP contribution in [-0.4, -0.2) is 10.8 Å². The Balaban J connectivity index is 2.18. The molecule has 0 unspecified atom stereocenters. The molecule has 0 saturated carbocycles. The van der Waals surface area contributed by atoms with Crippen LogP contribution in [0.3, 0.4) is 0 Å². The number of nitrogens with one attached hydrogen (secondary N) is 1. The van der Waals surface area contributed by atoms with Gasteiger partial charge in [-0.15, -0.1) is 0 Å². The van der Waals surface area contributed by atoms with Gasteiger partial charge in [0, 0.05) is 37.2 Å². The molecule has 0 fully saturated rings. The number of ketones is 1. The van der Waals surface area contributed by atoms with Gasteiger partial charge in [-0.1, -0.05) is 44.0 Å². The van der Waals surface area contributed by atoms with Crippen molar-refractivity contribution in [1.29, 1.82) is 0 Å². The lowest BCUT2D eigenvalue weighted by Gasteiger charge is -2.04. The van der Waals surface area contributed by atoms with Crippen molar-refractivity contribution in [3.8, 4) is 0 Å². The number of halogens is 2. The summed E-state index contributed by atoms with van der Waals surface area (Å²) in [5, 5.41) is 0.994. The van der Waals surface area contributed by atoms with Crippen LogP contribution in [0.4, 0.5) is 0 Å². The van der Waals surface area contributed by atoms with E-state index >= 15 is 0 Å². The summed E-state index contributed by atoms with van der Waals surface area (Å²) in [4.78, 5) is 15.9. The second kappa shape index (κ2) is 5.19. The summed E-state index contributed by atoms with van der Waals surface area (Å²) in [6.07, 6.45) is 1.79. The number of aromatic nitrogens is 1. The predicted molar refractivity (Wildman–Crippen MR) is 88.3 cm³/mol. The number of aromatic amines is 1. The van der Waals surface area contributed by atoms with E-state index < -0.39 is 0 Å². The maximum atomic E-state index is 12.7. The largest absolute Gasteiger partial charge is 0.360 e. The fourth-order valence-electron chi connectivity index (χ4n) is 2.39. The Bertz CT molecular complexity index is 800. The first-order valence-electron chi connectivity index (χ1n) is 6.14. The van der Waals surface area contributed by atoms with Gasteiger partial charge in [0.15, 0.2) is 5.78 Å². The highest BCUT2D eigenvalue weighted by molar-refractivity contribution is 9.11. The van der Waals surface area contributed by atoms with Gasteiger partial charge in [-0.25, -0.2) is 0 Å². The molecule has 4 heteroatoms. The minimum Gasteiger partial charge on any atom is -0.360 e. The zero-order valence-electron chi connectivity index (χ0n) is 10.7. The molecule has 0 atom stereocenters. The standard InChI is InChI=1S/C16H11Br2NO/c1-9-3-2-4-14-15(9)13(8-19-14)16(20)10-5-11(17)7-12(18)6-10/h2-8,19H,1H3. The molecule has 2 aromatic carbocycles. The molecule has 2 nitrogen and oxygen atoms in total. The first kappa shape index (κ1) is 13.6. The van der Waals surface area contributed by atoms with E-state index in [2.05, 4.69) is 36.8 Å². The molecule has 1 aromatic heterocycles. The minimum atomic E-state index is 0.0209. The number of aryl methyl sites for hydroxylation is 1. The number of fused-ring (bicyclic) bond motifs is 1. The number of hydrogen-bond acceptors (Lipinski definition) is 1. The van der Waals surface area contributed by atoms with Crippen LogP contribution in [-0.2, 0) is 0 Å². The highest BCUT2D eigenvalue weighted by Crippen LogP contribution is 2.27. The van der Waals surface area contributed by atoms with Crippen LogP contribution in [0.2, 0.25) is 0 Å². The van der Waals surface area contributed by atoms with E-state index in [0.717, 1.165) is 25.4 Å². The van der Waals surface area contributed by atoms with Crippen molar-refractivity contribution in [2.45, 2.75) is 6.92 Å². The highest BCUT2D eigenvalue weighted by Gasteiger charge is 2.16. The average Bonchev–Trinajstić information content (AvgIpc) is 2.82. The molecule has 0 spiro atoms. The van der Waals surface area contributed by atoms with E-state index in [0.29, 0.717) is 11.1 Å². The van der Waals surface area contributed by atoms with Crippen LogP contribution in [0.1, 0.15) is 21.5 Å². The van der Waals surface area contributed by atoms with Crippen LogP contribution < -0.4 is 0 Å². The van der Waals surface area contributed by atoms with Gasteiger partial charge in [-0.3, -0.25) is 4.79 Å². The van der Waals surface area contributed by atoms with Crippen molar-refractivity contribution in [3.05, 3.63) is 68.2 Å². The number of carbonyl (C=O) groups is 1. The van der Waals surface area contributed by atoms with Crippen molar-refractivity contribution < 1.29 is 4.79 Å². The molecule has 100 valence electrons. The smallest absolute Gasteiger partial charge is 0.195 e. The number of rotatable bonds is 2. The lowest BCUT2D eigenvalue weighted by molar-refractivity contribution is 0.104. The Labute approximate surface area is 133 Å². The van der Waals surface area contributed by atoms with E-state index in [4.69, 9.17) is 0 Å². The Morgan fingerprint density at radius 2 is 1.80 bits per heavy atom. The quantitative estimate of drug-likeness (QED) is 0.595. The van der Waals surface area contributed by atoms with Crippen molar-refractivity contribution in [1.82, 2.24) is 4.98 Å². The molecule has 3 rings (SSSR count). The van der Waals surface area contributed by atoms with Gasteiger partial charge in [0.1, 0.15) is 0 Å². The number of benzene rings is 2. The van der Waals surface area contributed by atoms with Gasteiger partial charge >= 0.3 is 0 Å². The second-order valence-electron chi connectivity index (χ2n) is 4.69. The third kappa shape index (κ3) is 2.34. The van der Waals surface area contributed by atoms with Crippen molar-refractivity contribution in [2.24, 2.45) is 0 Å². The van der Waals surface area contributed by atoms with E-state index in [1.165, 1.54) is 0 Å². The monoisotopic (exact) mass is 391 g/mol. The summed E-state index contributed by atoms with van der Waals surface area (Å²) in [5.74, 6) is 0.0209. The molecule has 0 aliphatic heterocycles. The van der Waals surface area contributed by atoms with Gasteiger partial charge in [0.05, 0.1) is 0 Å². The molecule has 1 heterocycles. The summed E-state index contributed by atoms with van der Waals surface area (Å²) in [5.41, 5.74) is 3.46. The summed E-state index contributed by atoms with van der Waals surface area (Å²) in [6.45, 7) is 2.02. The van der Waals surface area contributed by atoms with Crippen molar-refractivity contribution in [2.75, 3.05) is 0 Å². The van der Waals surface area contributed by atoms with Crippen LogP contribution >= 0.6 is 31.9 Å². The summed E-state index contributed by atoms with van der Waals surface area (Å²) >= 11 is 6.84. The number of H-pyrrole nitrogens is 1. The van der Waals surface area contributed by atoms with Crippen LogP contribution in [0.5, 0.6) is 0 Å². The van der Waals surface area contributed by atoms with Gasteiger partial charge in [-0.05, 0) is 36.8 Å². The van der Waals surface area contributed by atoms with E-state index in [-0.39, 0.29) is 5.78 Å². The molecule has 0 bridgehead atoms. The van der Waals surface area contributed by atoms with Crippen LogP contribution in [0.25, 0.3) is 10.9 Å². The number of carbonyl (C=O) groups excluding carboxylic acids is 1. The number of hydrogen-bond donors (Lipinski definition) is 1. The normalized spacial score (nSPS) is 10.9. The Morgan fingerprint density at radius 1 is 1.10 bits per heavy atom. The Kier molecular flexibility index (Phi) is 3.52. The second-order valence-corrected chi connectivity index (χ2v) is 6.52. The average molecular weight is 393 g/mol. The molecule has 1 N–H and O–H groups in total. The zero-order valence-corrected chi connectivity index (χ0v) is 13.9. The first-order valence-corrected chi connectivity index (χ1v) is 7.72. The van der Waals surface area contributed by atoms with Gasteiger partial charge in [0.2, 0.25) is 0 Å². The highest BCUT2D eigenvalue weighted by atomic mass is 79.9. The molecule has 0 aliphatic carbocycles. The molecular weight excluding hydrogens is 382 g/mol. The van der Waals surface area contributed by atoms with E-state index in [1.54, 1.807) is 6.20 Å². The Morgan fingerprint density at radius 3 is 2.50 bits per heavy atom. The van der Waals surface area contributed by atoms with Crippen molar-refractivity contribution >= 4 is 48.5 Å². The third-order valence-corrected chi connectivity index (χ3v) is 4.20. The first-order chi connectivity index (χ1) is 9.56. The summed E-state index contributed by atoms with van der Waals surface area (Å²) in [7, 11) is 0. The summed E-state index contributed by atoms with van der Waals surface area (Å²) < 4.78 is 1.76. The van der Waals surface area contributed by atoms with Gasteiger partial charge < -0.3 is 4.98 Å². The molecule has 0 amide bonds. The third-order valence-electron chi connectivity index (χ3n) is 3.28. The topological polar surface area (TPSA) is 32.9 Å². The van der Waals surface area contributed by atoms with E-state index in [9.17, 15) is 4.79 Å². The molecule has 0 radical (unpaired) electrons. The molecular formula is C16H11Br2NO. The SMILES string of the molecule is Cc1cccc2[nH]cc(C(=O)c3cc(Br)cc(Br)c3)c12. The maximum absolute atomic E-state index is 12.7. The van der Waals surface area contributed by atoms with Gasteiger partial charge in [-0.2, -0.15) is 0 Å². The fourth-order valence-corrected chi connectivity index (χ4v) is 3.68. The van der Waals surface area contributed by atoms with E-state index in [1.807, 2.05) is 43.3 Å². The molecule has 20 heavy (non-hydrogen) atoms. The molecule has 3 aromatic rings. The molecule has 0 aliphatic rings. The fraction of sp³-hybridized carbons (Fsp3) is 0.0625. The maximum Gasteiger partial charge on any atom is 0.195 e. The lowest BCUT2D eigenvalue weighted by atomic mass is 10.0. The lowest BCUT2D eigenvalue weighted by Crippen LogP contribution is -2.01. The summed E-state index contributed by atoms with van der Waals surface area (Å²) in [6, 6.07) is 11.6.